The minimum absolute atomic E-state index is 0.153. The van der Waals surface area contributed by atoms with Gasteiger partial charge in [-0.1, -0.05) is 0 Å². The van der Waals surface area contributed by atoms with Crippen LogP contribution in [0.3, 0.4) is 0 Å². The average Bonchev–Trinajstić information content (AvgIpc) is 2.50. The zero-order valence-electron chi connectivity index (χ0n) is 11.9. The first-order valence-corrected chi connectivity index (χ1v) is 6.91. The molecule has 130 valence electrons. The number of carboxylic acids is 1. The number of nitrogens with two attached hydrogens (primary N) is 2. The van der Waals surface area contributed by atoms with Crippen molar-refractivity contribution >= 4 is 5.97 Å². The minimum atomic E-state index is -1.64. The lowest BCUT2D eigenvalue weighted by atomic mass is 9.81. The Hall–Kier alpha value is -0.850. The van der Waals surface area contributed by atoms with E-state index in [1.165, 1.54) is 0 Å². The lowest BCUT2D eigenvalue weighted by Crippen LogP contribution is -2.63. The van der Waals surface area contributed by atoms with Gasteiger partial charge >= 0.3 is 5.97 Å². The van der Waals surface area contributed by atoms with Crippen molar-refractivity contribution in [3.63, 3.8) is 0 Å². The first kappa shape index (κ1) is 19.2. The molecule has 0 spiro atoms. The molecule has 10 heteroatoms. The number of carbonyl (C=O) groups is 1. The first-order chi connectivity index (χ1) is 10.2. The molecule has 0 aliphatic carbocycles. The van der Waals surface area contributed by atoms with Crippen LogP contribution in [-0.2, 0) is 9.53 Å². The predicted molar refractivity (Wildman–Crippen MR) is 72.5 cm³/mol. The molecule has 0 saturated carbocycles. The third-order valence-corrected chi connectivity index (χ3v) is 3.91. The SMILES string of the molecule is NCC(O)CC(C1O[C@H](CO)[C@H](O)[C@H](O)[C@H]1O)[C@H](N)C(=O)O. The van der Waals surface area contributed by atoms with Gasteiger partial charge in [0, 0.05) is 12.5 Å². The molecular weight excluding hydrogens is 300 g/mol. The third kappa shape index (κ3) is 4.12. The van der Waals surface area contributed by atoms with Gasteiger partial charge in [0.2, 0.25) is 0 Å². The Bertz CT molecular complexity index is 369. The Balaban J connectivity index is 3.02. The highest BCUT2D eigenvalue weighted by atomic mass is 16.5. The Kier molecular flexibility index (Phi) is 7.09. The lowest BCUT2D eigenvalue weighted by Gasteiger charge is -2.44. The van der Waals surface area contributed by atoms with Gasteiger partial charge in [0.15, 0.2) is 0 Å². The van der Waals surface area contributed by atoms with Gasteiger partial charge in [-0.05, 0) is 6.42 Å². The molecule has 0 radical (unpaired) electrons. The monoisotopic (exact) mass is 324 g/mol. The van der Waals surface area contributed by atoms with Crippen LogP contribution in [0.1, 0.15) is 6.42 Å². The molecule has 0 aromatic heterocycles. The maximum absolute atomic E-state index is 11.1. The summed E-state index contributed by atoms with van der Waals surface area (Å²) in [5, 5.41) is 57.4. The van der Waals surface area contributed by atoms with Crippen LogP contribution in [0.4, 0.5) is 0 Å². The van der Waals surface area contributed by atoms with Crippen molar-refractivity contribution in [2.75, 3.05) is 13.2 Å². The fourth-order valence-corrected chi connectivity index (χ4v) is 2.56. The van der Waals surface area contributed by atoms with Gasteiger partial charge in [-0.2, -0.15) is 0 Å². The van der Waals surface area contributed by atoms with E-state index in [1.807, 2.05) is 0 Å². The molecule has 1 saturated heterocycles. The fraction of sp³-hybridized carbons (Fsp3) is 0.917. The van der Waals surface area contributed by atoms with Crippen molar-refractivity contribution < 1.29 is 40.2 Å². The van der Waals surface area contributed by atoms with Gasteiger partial charge in [-0.15, -0.1) is 0 Å². The van der Waals surface area contributed by atoms with Gasteiger partial charge in [0.25, 0.3) is 0 Å². The van der Waals surface area contributed by atoms with E-state index in [0.29, 0.717) is 0 Å². The second kappa shape index (κ2) is 8.13. The smallest absolute Gasteiger partial charge is 0.320 e. The molecule has 0 aromatic carbocycles. The number of hydrogen-bond acceptors (Lipinski definition) is 9. The van der Waals surface area contributed by atoms with Crippen LogP contribution >= 0.6 is 0 Å². The summed E-state index contributed by atoms with van der Waals surface area (Å²) in [6, 6.07) is -1.50. The van der Waals surface area contributed by atoms with Crippen LogP contribution in [0, 0.1) is 5.92 Å². The molecule has 22 heavy (non-hydrogen) atoms. The van der Waals surface area contributed by atoms with Gasteiger partial charge in [-0.25, -0.2) is 0 Å². The van der Waals surface area contributed by atoms with E-state index in [1.54, 1.807) is 0 Å². The minimum Gasteiger partial charge on any atom is -0.480 e. The second-order valence-electron chi connectivity index (χ2n) is 5.45. The number of carboxylic acid groups (broad SMARTS) is 1. The molecular formula is C12H24N2O8. The van der Waals surface area contributed by atoms with Crippen molar-refractivity contribution in [2.45, 2.75) is 49.1 Å². The summed E-state index contributed by atoms with van der Waals surface area (Å²) in [5.41, 5.74) is 10.9. The molecule has 1 fully saturated rings. The van der Waals surface area contributed by atoms with E-state index in [4.69, 9.17) is 26.4 Å². The molecule has 1 aliphatic rings. The van der Waals surface area contributed by atoms with Crippen LogP contribution < -0.4 is 11.5 Å². The lowest BCUT2D eigenvalue weighted by molar-refractivity contribution is -0.244. The number of ether oxygens (including phenoxy) is 1. The predicted octanol–water partition coefficient (Wildman–Crippen LogP) is -4.43. The summed E-state index contributed by atoms with van der Waals surface area (Å²) in [7, 11) is 0. The van der Waals surface area contributed by atoms with Crippen molar-refractivity contribution in [1.82, 2.24) is 0 Å². The van der Waals surface area contributed by atoms with E-state index in [9.17, 15) is 25.2 Å². The maximum Gasteiger partial charge on any atom is 0.320 e. The van der Waals surface area contributed by atoms with Crippen molar-refractivity contribution in [1.29, 1.82) is 0 Å². The number of aliphatic hydroxyl groups excluding tert-OH is 5. The molecule has 3 unspecified atom stereocenters. The molecule has 0 aromatic rings. The molecule has 10 nitrogen and oxygen atoms in total. The molecule has 1 aliphatic heterocycles. The summed E-state index contributed by atoms with van der Waals surface area (Å²) in [4.78, 5) is 11.1. The van der Waals surface area contributed by atoms with Gasteiger partial charge < -0.3 is 46.8 Å². The van der Waals surface area contributed by atoms with E-state index in [2.05, 4.69) is 0 Å². The molecule has 1 heterocycles. The summed E-state index contributed by atoms with van der Waals surface area (Å²) in [5.74, 6) is -2.46. The highest BCUT2D eigenvalue weighted by Gasteiger charge is 2.48. The van der Waals surface area contributed by atoms with E-state index >= 15 is 0 Å². The van der Waals surface area contributed by atoms with Crippen LogP contribution in [0.15, 0.2) is 0 Å². The highest BCUT2D eigenvalue weighted by molar-refractivity contribution is 5.73. The van der Waals surface area contributed by atoms with Crippen molar-refractivity contribution in [2.24, 2.45) is 17.4 Å². The largest absolute Gasteiger partial charge is 0.480 e. The normalized spacial score (nSPS) is 36.6. The zero-order chi connectivity index (χ0) is 17.0. The Morgan fingerprint density at radius 3 is 2.23 bits per heavy atom. The van der Waals surface area contributed by atoms with E-state index in [0.717, 1.165) is 0 Å². The van der Waals surface area contributed by atoms with Crippen molar-refractivity contribution in [3.8, 4) is 0 Å². The van der Waals surface area contributed by atoms with Gasteiger partial charge in [0.1, 0.15) is 30.5 Å². The van der Waals surface area contributed by atoms with Crippen LogP contribution in [0.2, 0.25) is 0 Å². The fourth-order valence-electron chi connectivity index (χ4n) is 2.56. The maximum atomic E-state index is 11.1. The Morgan fingerprint density at radius 2 is 1.77 bits per heavy atom. The zero-order valence-corrected chi connectivity index (χ0v) is 11.9. The second-order valence-corrected chi connectivity index (χ2v) is 5.45. The summed E-state index contributed by atoms with van der Waals surface area (Å²) in [6.45, 7) is -0.795. The topological polar surface area (TPSA) is 200 Å². The molecule has 8 atom stereocenters. The summed E-state index contributed by atoms with van der Waals surface area (Å²) in [6.07, 6.45) is -8.57. The van der Waals surface area contributed by atoms with E-state index in [-0.39, 0.29) is 13.0 Å². The third-order valence-electron chi connectivity index (χ3n) is 3.91. The average molecular weight is 324 g/mol. The summed E-state index contributed by atoms with van der Waals surface area (Å²) >= 11 is 0. The number of rotatable bonds is 7. The molecule has 0 amide bonds. The van der Waals surface area contributed by atoms with Crippen LogP contribution in [0.25, 0.3) is 0 Å². The molecule has 1 rings (SSSR count). The standard InChI is InChI=1S/C12H24N2O8/c13-2-4(16)1-5(7(14)12(20)21)11-10(19)9(18)8(17)6(3-15)22-11/h4-11,15-19H,1-3,13-14H2,(H,20,21)/t4?,5?,6-,7+,8+,9+,10-,11?/m1/s1. The van der Waals surface area contributed by atoms with Crippen molar-refractivity contribution in [3.05, 3.63) is 0 Å². The Morgan fingerprint density at radius 1 is 1.18 bits per heavy atom. The number of aliphatic hydroxyl groups is 5. The molecule has 10 N–H and O–H groups in total. The Labute approximate surface area is 126 Å². The van der Waals surface area contributed by atoms with E-state index < -0.39 is 61.2 Å². The van der Waals surface area contributed by atoms with Gasteiger partial charge in [-0.3, -0.25) is 4.79 Å². The molecule has 0 bridgehead atoms. The number of aliphatic carboxylic acids is 1. The summed E-state index contributed by atoms with van der Waals surface area (Å²) < 4.78 is 5.30. The quantitative estimate of drug-likeness (QED) is 0.226. The van der Waals surface area contributed by atoms with Gasteiger partial charge in [0.05, 0.1) is 18.8 Å². The highest BCUT2D eigenvalue weighted by Crippen LogP contribution is 2.30. The first-order valence-electron chi connectivity index (χ1n) is 6.91. The van der Waals surface area contributed by atoms with Crippen LogP contribution in [-0.4, -0.2) is 92.4 Å². The number of hydrogen-bond donors (Lipinski definition) is 8. The van der Waals surface area contributed by atoms with Crippen LogP contribution in [0.5, 0.6) is 0 Å².